The smallest absolute Gasteiger partial charge is 0.318 e. The molecular weight excluding hydrogens is 355 g/mol. The Morgan fingerprint density at radius 3 is 2.96 bits per heavy atom. The van der Waals surface area contributed by atoms with Crippen molar-refractivity contribution in [1.29, 1.82) is 0 Å². The van der Waals surface area contributed by atoms with Crippen LogP contribution in [0.3, 0.4) is 0 Å². The van der Waals surface area contributed by atoms with Crippen molar-refractivity contribution >= 4 is 12.2 Å². The van der Waals surface area contributed by atoms with Crippen LogP contribution in [-0.4, -0.2) is 34.4 Å². The third-order valence-electron chi connectivity index (χ3n) is 4.34. The summed E-state index contributed by atoms with van der Waals surface area (Å²) in [6.07, 6.45) is 11.0. The lowest BCUT2D eigenvalue weighted by Gasteiger charge is -2.26. The van der Waals surface area contributed by atoms with E-state index in [0.29, 0.717) is 0 Å². The first-order valence-corrected chi connectivity index (χ1v) is 9.14. The predicted octanol–water partition coefficient (Wildman–Crippen LogP) is 4.40. The zero-order chi connectivity index (χ0) is 19.8. The van der Waals surface area contributed by atoms with Crippen LogP contribution < -0.4 is 4.74 Å². The van der Waals surface area contributed by atoms with Crippen LogP contribution in [0.2, 0.25) is 0 Å². The molecule has 0 saturated heterocycles. The van der Waals surface area contributed by atoms with E-state index in [1.54, 1.807) is 12.4 Å². The van der Waals surface area contributed by atoms with Gasteiger partial charge in [-0.15, -0.1) is 0 Å². The second-order valence-corrected chi connectivity index (χ2v) is 6.32. The van der Waals surface area contributed by atoms with Gasteiger partial charge in [0, 0.05) is 13.1 Å². The van der Waals surface area contributed by atoms with E-state index >= 15 is 0 Å². The van der Waals surface area contributed by atoms with E-state index in [9.17, 15) is 4.39 Å². The van der Waals surface area contributed by atoms with Gasteiger partial charge in [-0.3, -0.25) is 0 Å². The van der Waals surface area contributed by atoms with Gasteiger partial charge in [-0.05, 0) is 30.0 Å². The fourth-order valence-corrected chi connectivity index (χ4v) is 2.80. The van der Waals surface area contributed by atoms with Gasteiger partial charge in [-0.2, -0.15) is 4.98 Å². The molecule has 0 N–H and O–H groups in total. The molecule has 2 heterocycles. The van der Waals surface area contributed by atoms with E-state index in [2.05, 4.69) is 33.7 Å². The molecule has 28 heavy (non-hydrogen) atoms. The van der Waals surface area contributed by atoms with E-state index in [4.69, 9.17) is 4.74 Å². The Bertz CT molecular complexity index is 921. The van der Waals surface area contributed by atoms with Crippen LogP contribution in [0.25, 0.3) is 0 Å². The maximum atomic E-state index is 14.0. The molecule has 2 aromatic rings. The fraction of sp³-hybridized carbons (Fsp3) is 0.227. The van der Waals surface area contributed by atoms with Gasteiger partial charge in [-0.1, -0.05) is 55.1 Å². The zero-order valence-corrected chi connectivity index (χ0v) is 15.9. The van der Waals surface area contributed by atoms with Crippen LogP contribution in [0, 0.1) is 5.82 Å². The Kier molecular flexibility index (Phi) is 6.68. The molecule has 1 aromatic carbocycles. The summed E-state index contributed by atoms with van der Waals surface area (Å²) in [6.45, 7) is 7.48. The lowest BCUT2D eigenvalue weighted by atomic mass is 10.0. The Morgan fingerprint density at radius 2 is 2.18 bits per heavy atom. The summed E-state index contributed by atoms with van der Waals surface area (Å²) in [7, 11) is 0. The summed E-state index contributed by atoms with van der Waals surface area (Å²) >= 11 is 0. The lowest BCUT2D eigenvalue weighted by molar-refractivity contribution is 0.325. The average Bonchev–Trinajstić information content (AvgIpc) is 2.73. The molecule has 0 saturated carbocycles. The Hall–Kier alpha value is -3.28. The number of aliphatic imine (C=N–C) groups is 1. The second kappa shape index (κ2) is 9.60. The monoisotopic (exact) mass is 378 g/mol. The van der Waals surface area contributed by atoms with Crippen molar-refractivity contribution in [2.24, 2.45) is 4.99 Å². The molecule has 1 aromatic heterocycles. The van der Waals surface area contributed by atoms with Crippen LogP contribution in [-0.2, 0) is 13.0 Å². The summed E-state index contributed by atoms with van der Waals surface area (Å²) < 4.78 is 19.6. The fourth-order valence-electron chi connectivity index (χ4n) is 2.80. The van der Waals surface area contributed by atoms with E-state index in [0.717, 1.165) is 31.3 Å². The second-order valence-electron chi connectivity index (χ2n) is 6.32. The van der Waals surface area contributed by atoms with Gasteiger partial charge >= 0.3 is 6.01 Å². The summed E-state index contributed by atoms with van der Waals surface area (Å²) in [6, 6.07) is 8.39. The molecule has 0 unspecified atom stereocenters. The first-order valence-electron chi connectivity index (χ1n) is 9.14. The summed E-state index contributed by atoms with van der Waals surface area (Å²) in [5, 5.41) is 0. The van der Waals surface area contributed by atoms with Crippen LogP contribution >= 0.6 is 0 Å². The van der Waals surface area contributed by atoms with Crippen molar-refractivity contribution in [1.82, 2.24) is 14.9 Å². The molecule has 0 atom stereocenters. The summed E-state index contributed by atoms with van der Waals surface area (Å²) in [5.41, 5.74) is 3.47. The van der Waals surface area contributed by atoms with Crippen molar-refractivity contribution in [3.8, 4) is 6.01 Å². The quantitative estimate of drug-likeness (QED) is 0.407. The number of aromatic nitrogens is 2. The highest BCUT2D eigenvalue weighted by Gasteiger charge is 2.14. The third-order valence-corrected chi connectivity index (χ3v) is 4.34. The van der Waals surface area contributed by atoms with Gasteiger partial charge in [0.25, 0.3) is 0 Å². The van der Waals surface area contributed by atoms with Gasteiger partial charge in [-0.25, -0.2) is 14.4 Å². The van der Waals surface area contributed by atoms with E-state index in [1.807, 2.05) is 42.2 Å². The molecule has 0 amide bonds. The first-order chi connectivity index (χ1) is 13.7. The van der Waals surface area contributed by atoms with Gasteiger partial charge in [0.2, 0.25) is 0 Å². The zero-order valence-electron chi connectivity index (χ0n) is 15.9. The summed E-state index contributed by atoms with van der Waals surface area (Å²) in [4.78, 5) is 14.2. The highest BCUT2D eigenvalue weighted by atomic mass is 19.1. The molecule has 0 spiro atoms. The first kappa shape index (κ1) is 19.5. The van der Waals surface area contributed by atoms with E-state index in [1.165, 1.54) is 11.1 Å². The largest absolute Gasteiger partial charge is 0.459 e. The Morgan fingerprint density at radius 1 is 1.36 bits per heavy atom. The highest BCUT2D eigenvalue weighted by molar-refractivity contribution is 5.60. The van der Waals surface area contributed by atoms with Gasteiger partial charge < -0.3 is 9.64 Å². The third kappa shape index (κ3) is 5.13. The Labute approximate surface area is 164 Å². The van der Waals surface area contributed by atoms with Gasteiger partial charge in [0.05, 0.1) is 12.5 Å². The molecule has 6 heteroatoms. The number of hydrogen-bond donors (Lipinski definition) is 0. The summed E-state index contributed by atoms with van der Waals surface area (Å²) in [5.74, 6) is -0.629. The predicted molar refractivity (Wildman–Crippen MR) is 109 cm³/mol. The minimum Gasteiger partial charge on any atom is -0.459 e. The maximum Gasteiger partial charge on any atom is 0.318 e. The molecule has 0 aliphatic carbocycles. The molecule has 144 valence electrons. The van der Waals surface area contributed by atoms with Crippen LogP contribution in [0.15, 0.2) is 71.9 Å². The number of nitrogens with zero attached hydrogens (tertiary/aromatic N) is 4. The van der Waals surface area contributed by atoms with Crippen LogP contribution in [0.4, 0.5) is 10.2 Å². The molecule has 5 nitrogen and oxygen atoms in total. The van der Waals surface area contributed by atoms with Crippen LogP contribution in [0.5, 0.6) is 6.01 Å². The van der Waals surface area contributed by atoms with E-state index in [-0.39, 0.29) is 18.4 Å². The number of allylic oxidation sites excluding steroid dienone is 3. The van der Waals surface area contributed by atoms with Crippen molar-refractivity contribution in [3.05, 3.63) is 83.9 Å². The highest BCUT2D eigenvalue weighted by Crippen LogP contribution is 2.20. The molecular formula is C22H23FN4O. The molecule has 3 rings (SSSR count). The molecule has 0 fully saturated rings. The van der Waals surface area contributed by atoms with Crippen molar-refractivity contribution in [3.63, 3.8) is 0 Å². The molecule has 1 aliphatic heterocycles. The van der Waals surface area contributed by atoms with Crippen molar-refractivity contribution in [2.75, 3.05) is 13.2 Å². The van der Waals surface area contributed by atoms with E-state index < -0.39 is 5.82 Å². The maximum absolute atomic E-state index is 14.0. The Balaban J connectivity index is 1.67. The van der Waals surface area contributed by atoms with Crippen LogP contribution in [0.1, 0.15) is 18.1 Å². The normalized spacial score (nSPS) is 14.5. The standard InChI is InChI=1S/C22H23FN4O/c1-3-5-8-17(4-2)15-28-22-24-13-20(23)21(26-22)25-16-27-12-11-18-9-6-7-10-19(18)14-27/h3-10,13,16H,2,11-12,14-15H2,1H3/b5-3-,17-8+,25-16+. The minimum absolute atomic E-state index is 0.0403. The number of halogens is 1. The lowest BCUT2D eigenvalue weighted by Crippen LogP contribution is -2.29. The van der Waals surface area contributed by atoms with Gasteiger partial charge in [0.1, 0.15) is 6.61 Å². The number of fused-ring (bicyclic) bond motifs is 1. The average molecular weight is 378 g/mol. The molecule has 0 bridgehead atoms. The SMILES string of the molecule is C=C/C(=C\C=C/C)COc1ncc(F)c(/N=C/N2CCc3ccccc3C2)n1. The number of hydrogen-bond acceptors (Lipinski definition) is 4. The number of ether oxygens (including phenoxy) is 1. The van der Waals surface area contributed by atoms with Crippen molar-refractivity contribution in [2.45, 2.75) is 19.9 Å². The number of benzene rings is 1. The van der Waals surface area contributed by atoms with Crippen molar-refractivity contribution < 1.29 is 9.13 Å². The molecule has 0 radical (unpaired) electrons. The molecule has 1 aliphatic rings. The van der Waals surface area contributed by atoms with Gasteiger partial charge in [0.15, 0.2) is 11.6 Å². The number of rotatable bonds is 7. The topological polar surface area (TPSA) is 50.6 Å². The minimum atomic E-state index is -0.589.